The monoisotopic (exact) mass is 513 g/mol. The molecule has 1 aliphatic rings. The Balaban J connectivity index is 1.52. The lowest BCUT2D eigenvalue weighted by Gasteiger charge is -2.35. The molecule has 1 heteroatoms. The van der Waals surface area contributed by atoms with Crippen molar-refractivity contribution >= 4 is 17.1 Å². The predicted octanol–water partition coefficient (Wildman–Crippen LogP) is 10.1. The fourth-order valence-corrected chi connectivity index (χ4v) is 6.48. The smallest absolute Gasteiger partial charge is 0.0714 e. The van der Waals surface area contributed by atoms with Crippen LogP contribution in [0.5, 0.6) is 0 Å². The number of para-hydroxylation sites is 1. The lowest BCUT2D eigenvalue weighted by molar-refractivity contribution is 0.768. The van der Waals surface area contributed by atoms with Gasteiger partial charge in [0.25, 0.3) is 0 Å². The van der Waals surface area contributed by atoms with E-state index in [1.165, 1.54) is 38.9 Å². The van der Waals surface area contributed by atoms with E-state index in [0.29, 0.717) is 0 Å². The van der Waals surface area contributed by atoms with E-state index in [1.807, 2.05) is 0 Å². The molecule has 0 aliphatic heterocycles. The molecule has 0 spiro atoms. The number of aryl methyl sites for hydroxylation is 1. The van der Waals surface area contributed by atoms with Crippen LogP contribution in [-0.4, -0.2) is 0 Å². The Morgan fingerprint density at radius 3 is 1.57 bits per heavy atom. The van der Waals surface area contributed by atoms with E-state index in [9.17, 15) is 0 Å². The zero-order valence-corrected chi connectivity index (χ0v) is 22.7. The van der Waals surface area contributed by atoms with Gasteiger partial charge in [-0.3, -0.25) is 0 Å². The maximum atomic E-state index is 2.43. The first kappa shape index (κ1) is 24.2. The Hall–Kier alpha value is -4.88. The van der Waals surface area contributed by atoms with Gasteiger partial charge in [-0.1, -0.05) is 128 Å². The van der Waals surface area contributed by atoms with Crippen molar-refractivity contribution in [2.24, 2.45) is 0 Å². The first-order chi connectivity index (χ1) is 19.8. The highest BCUT2D eigenvalue weighted by molar-refractivity contribution is 5.89. The Morgan fingerprint density at radius 2 is 0.950 bits per heavy atom. The lowest BCUT2D eigenvalue weighted by Crippen LogP contribution is -2.28. The van der Waals surface area contributed by atoms with Crippen LogP contribution in [-0.2, 0) is 11.8 Å². The van der Waals surface area contributed by atoms with Crippen LogP contribution in [0.1, 0.15) is 34.7 Å². The molecule has 0 N–H and O–H groups in total. The second-order valence-electron chi connectivity index (χ2n) is 10.4. The predicted molar refractivity (Wildman–Crippen MR) is 168 cm³/mol. The van der Waals surface area contributed by atoms with Crippen molar-refractivity contribution in [3.63, 3.8) is 0 Å². The van der Waals surface area contributed by atoms with Gasteiger partial charge in [0.1, 0.15) is 0 Å². The Bertz CT molecular complexity index is 1710. The number of anilines is 3. The molecule has 0 saturated carbocycles. The summed E-state index contributed by atoms with van der Waals surface area (Å²) < 4.78 is 0. The number of hydrogen-bond donors (Lipinski definition) is 0. The Kier molecular flexibility index (Phi) is 6.06. The van der Waals surface area contributed by atoms with Crippen LogP contribution >= 0.6 is 0 Å². The molecule has 192 valence electrons. The summed E-state index contributed by atoms with van der Waals surface area (Å²) in [5.41, 5.74) is 12.2. The summed E-state index contributed by atoms with van der Waals surface area (Å²) in [5.74, 6) is 0. The van der Waals surface area contributed by atoms with Gasteiger partial charge in [-0.05, 0) is 81.8 Å². The molecule has 7 rings (SSSR count). The van der Waals surface area contributed by atoms with Crippen molar-refractivity contribution < 1.29 is 0 Å². The van der Waals surface area contributed by atoms with E-state index in [2.05, 4.69) is 170 Å². The molecule has 6 aromatic carbocycles. The fraction of sp³-hybridized carbons (Fsp3) is 0.0769. The van der Waals surface area contributed by atoms with E-state index >= 15 is 0 Å². The van der Waals surface area contributed by atoms with Crippen molar-refractivity contribution in [1.29, 1.82) is 0 Å². The molecule has 0 aromatic heterocycles. The zero-order chi connectivity index (χ0) is 26.9. The van der Waals surface area contributed by atoms with Crippen molar-refractivity contribution in [3.8, 4) is 11.1 Å². The molecule has 40 heavy (non-hydrogen) atoms. The first-order valence-corrected chi connectivity index (χ1v) is 14.1. The molecule has 0 bridgehead atoms. The SMILES string of the molecule is CCc1ccc(N(c2ccccc2)c2ccc3c(c2)C(c2ccccc2)(c2ccccc2)c2ccccc2-3)cc1. The largest absolute Gasteiger partial charge is 0.310 e. The van der Waals surface area contributed by atoms with Gasteiger partial charge in [0.15, 0.2) is 0 Å². The second-order valence-corrected chi connectivity index (χ2v) is 10.4. The standard InChI is InChI=1S/C39H31N/c1-2-29-22-24-33(25-23-29)40(32-18-10-5-11-19-32)34-26-27-36-35-20-12-13-21-37(35)39(38(36)28-34,30-14-6-3-7-15-30)31-16-8-4-9-17-31/h3-28H,2H2,1H3. The van der Waals surface area contributed by atoms with E-state index in [-0.39, 0.29) is 0 Å². The lowest BCUT2D eigenvalue weighted by atomic mass is 9.67. The molecule has 0 fully saturated rings. The van der Waals surface area contributed by atoms with Crippen LogP contribution in [0.2, 0.25) is 0 Å². The molecular formula is C39H31N. The molecule has 0 heterocycles. The summed E-state index contributed by atoms with van der Waals surface area (Å²) in [4.78, 5) is 2.38. The molecule has 0 saturated heterocycles. The van der Waals surface area contributed by atoms with Crippen molar-refractivity contribution in [1.82, 2.24) is 0 Å². The van der Waals surface area contributed by atoms with Crippen LogP contribution < -0.4 is 4.90 Å². The average molecular weight is 514 g/mol. The van der Waals surface area contributed by atoms with Gasteiger partial charge in [-0.25, -0.2) is 0 Å². The number of fused-ring (bicyclic) bond motifs is 3. The third-order valence-corrected chi connectivity index (χ3v) is 8.32. The molecule has 0 unspecified atom stereocenters. The number of rotatable bonds is 6. The van der Waals surface area contributed by atoms with Gasteiger partial charge in [-0.15, -0.1) is 0 Å². The Labute approximate surface area is 237 Å². The van der Waals surface area contributed by atoms with E-state index in [0.717, 1.165) is 23.5 Å². The molecule has 0 amide bonds. The quantitative estimate of drug-likeness (QED) is 0.214. The summed E-state index contributed by atoms with van der Waals surface area (Å²) in [6.45, 7) is 2.20. The molecule has 0 atom stereocenters. The van der Waals surface area contributed by atoms with Crippen LogP contribution in [0.4, 0.5) is 17.1 Å². The third-order valence-electron chi connectivity index (χ3n) is 8.32. The van der Waals surface area contributed by atoms with Gasteiger partial charge < -0.3 is 4.90 Å². The van der Waals surface area contributed by atoms with Gasteiger partial charge >= 0.3 is 0 Å². The second kappa shape index (κ2) is 10.0. The highest BCUT2D eigenvalue weighted by atomic mass is 15.1. The van der Waals surface area contributed by atoms with E-state index < -0.39 is 5.41 Å². The van der Waals surface area contributed by atoms with E-state index in [1.54, 1.807) is 0 Å². The Morgan fingerprint density at radius 1 is 0.450 bits per heavy atom. The highest BCUT2D eigenvalue weighted by Crippen LogP contribution is 2.57. The van der Waals surface area contributed by atoms with E-state index in [4.69, 9.17) is 0 Å². The van der Waals surface area contributed by atoms with Crippen LogP contribution in [0.3, 0.4) is 0 Å². The summed E-state index contributed by atoms with van der Waals surface area (Å²) in [5, 5.41) is 0. The average Bonchev–Trinajstić information content (AvgIpc) is 3.33. The van der Waals surface area contributed by atoms with Gasteiger partial charge in [0, 0.05) is 17.1 Å². The van der Waals surface area contributed by atoms with Gasteiger partial charge in [-0.2, -0.15) is 0 Å². The molecule has 0 radical (unpaired) electrons. The number of hydrogen-bond acceptors (Lipinski definition) is 1. The van der Waals surface area contributed by atoms with Crippen molar-refractivity contribution in [2.75, 3.05) is 4.90 Å². The molecule has 1 aliphatic carbocycles. The fourth-order valence-electron chi connectivity index (χ4n) is 6.48. The minimum Gasteiger partial charge on any atom is -0.310 e. The number of nitrogens with zero attached hydrogens (tertiary/aromatic N) is 1. The van der Waals surface area contributed by atoms with Gasteiger partial charge in [0.05, 0.1) is 5.41 Å². The normalized spacial score (nSPS) is 12.9. The maximum absolute atomic E-state index is 2.43. The number of benzene rings is 6. The zero-order valence-electron chi connectivity index (χ0n) is 22.7. The molecular weight excluding hydrogens is 482 g/mol. The minimum atomic E-state index is -0.418. The van der Waals surface area contributed by atoms with Crippen molar-refractivity contribution in [2.45, 2.75) is 18.8 Å². The first-order valence-electron chi connectivity index (χ1n) is 14.1. The maximum Gasteiger partial charge on any atom is 0.0714 e. The van der Waals surface area contributed by atoms with Crippen molar-refractivity contribution in [3.05, 3.63) is 186 Å². The summed E-state index contributed by atoms with van der Waals surface area (Å²) in [6.07, 6.45) is 1.03. The van der Waals surface area contributed by atoms with Crippen LogP contribution in [0.15, 0.2) is 158 Å². The summed E-state index contributed by atoms with van der Waals surface area (Å²) in [6, 6.07) is 57.6. The van der Waals surface area contributed by atoms with Crippen LogP contribution in [0.25, 0.3) is 11.1 Å². The third kappa shape index (κ3) is 3.78. The minimum absolute atomic E-state index is 0.418. The highest BCUT2D eigenvalue weighted by Gasteiger charge is 2.46. The molecule has 6 aromatic rings. The van der Waals surface area contributed by atoms with Gasteiger partial charge in [0.2, 0.25) is 0 Å². The van der Waals surface area contributed by atoms with Crippen LogP contribution in [0, 0.1) is 0 Å². The topological polar surface area (TPSA) is 3.24 Å². The summed E-state index contributed by atoms with van der Waals surface area (Å²) >= 11 is 0. The summed E-state index contributed by atoms with van der Waals surface area (Å²) in [7, 11) is 0. The molecule has 1 nitrogen and oxygen atoms in total.